The number of benzene rings is 1. The van der Waals surface area contributed by atoms with Crippen LogP contribution in [0.5, 0.6) is 0 Å². The van der Waals surface area contributed by atoms with Crippen molar-refractivity contribution in [3.8, 4) is 0 Å². The number of nitrogen functional groups attached to an aromatic ring is 1. The van der Waals surface area contributed by atoms with E-state index < -0.39 is 0 Å². The Labute approximate surface area is 116 Å². The van der Waals surface area contributed by atoms with E-state index in [0.717, 1.165) is 36.1 Å². The van der Waals surface area contributed by atoms with E-state index in [0.29, 0.717) is 17.0 Å². The van der Waals surface area contributed by atoms with Crippen LogP contribution in [0.3, 0.4) is 0 Å². The number of halogens is 2. The Balaban J connectivity index is 0.00000110. The fourth-order valence-electron chi connectivity index (χ4n) is 3.27. The van der Waals surface area contributed by atoms with E-state index in [1.807, 2.05) is 6.07 Å². The van der Waals surface area contributed by atoms with Crippen molar-refractivity contribution in [2.45, 2.75) is 5.92 Å². The highest BCUT2D eigenvalue weighted by molar-refractivity contribution is 5.90. The van der Waals surface area contributed by atoms with E-state index in [2.05, 4.69) is 10.3 Å². The molecule has 2 heterocycles. The van der Waals surface area contributed by atoms with Gasteiger partial charge in [-0.25, -0.2) is 4.39 Å². The van der Waals surface area contributed by atoms with E-state index >= 15 is 0 Å². The highest BCUT2D eigenvalue weighted by Crippen LogP contribution is 2.55. The molecule has 3 N–H and O–H groups in total. The molecule has 19 heavy (non-hydrogen) atoms. The Morgan fingerprint density at radius 1 is 1.21 bits per heavy atom. The standard InChI is InChI=1S/C14H14FN3.ClH/c15-7-1-2-12-8(3-7)11(16)4-13(18-12)14-9-5-17-6-10(9)14;/h1-4,9-10,14,17H,5-6H2,(H2,16,18);1H. The molecule has 1 aromatic carbocycles. The Hall–Kier alpha value is -1.39. The molecular formula is C14H15ClFN3. The van der Waals surface area contributed by atoms with Crippen LogP contribution in [0.15, 0.2) is 24.3 Å². The molecule has 4 rings (SSSR count). The third kappa shape index (κ3) is 1.86. The van der Waals surface area contributed by atoms with E-state index in [4.69, 9.17) is 5.73 Å². The fraction of sp³-hybridized carbons (Fsp3) is 0.357. The van der Waals surface area contributed by atoms with Crippen molar-refractivity contribution in [3.63, 3.8) is 0 Å². The lowest BCUT2D eigenvalue weighted by molar-refractivity contribution is 0.629. The van der Waals surface area contributed by atoms with Crippen LogP contribution in [-0.2, 0) is 0 Å². The highest BCUT2D eigenvalue weighted by Gasteiger charge is 2.54. The normalized spacial score (nSPS) is 27.9. The van der Waals surface area contributed by atoms with Crippen molar-refractivity contribution >= 4 is 29.0 Å². The Morgan fingerprint density at radius 3 is 2.68 bits per heavy atom. The number of rotatable bonds is 1. The lowest BCUT2D eigenvalue weighted by Crippen LogP contribution is -2.14. The number of nitrogens with one attached hydrogen (secondary N) is 1. The third-order valence-electron chi connectivity index (χ3n) is 4.26. The molecule has 2 aliphatic rings. The van der Waals surface area contributed by atoms with Crippen molar-refractivity contribution < 1.29 is 4.39 Å². The van der Waals surface area contributed by atoms with Crippen molar-refractivity contribution in [2.24, 2.45) is 11.8 Å². The van der Waals surface area contributed by atoms with E-state index in [1.54, 1.807) is 6.07 Å². The number of pyridine rings is 1. The van der Waals surface area contributed by atoms with Crippen LogP contribution in [-0.4, -0.2) is 18.1 Å². The maximum absolute atomic E-state index is 13.2. The van der Waals surface area contributed by atoms with Gasteiger partial charge in [-0.1, -0.05) is 0 Å². The Morgan fingerprint density at radius 2 is 1.95 bits per heavy atom. The molecule has 1 saturated heterocycles. The lowest BCUT2D eigenvalue weighted by Gasteiger charge is -2.08. The van der Waals surface area contributed by atoms with Crippen LogP contribution in [0.25, 0.3) is 10.9 Å². The van der Waals surface area contributed by atoms with Gasteiger partial charge in [0.1, 0.15) is 5.82 Å². The van der Waals surface area contributed by atoms with Gasteiger partial charge in [-0.2, -0.15) is 0 Å². The molecule has 100 valence electrons. The molecular weight excluding hydrogens is 265 g/mol. The third-order valence-corrected chi connectivity index (χ3v) is 4.26. The van der Waals surface area contributed by atoms with Gasteiger partial charge in [0.15, 0.2) is 0 Å². The Bertz CT molecular complexity index is 636. The molecule has 1 aliphatic heterocycles. The second-order valence-electron chi connectivity index (χ2n) is 5.31. The molecule has 1 aromatic heterocycles. The van der Waals surface area contributed by atoms with Crippen molar-refractivity contribution in [2.75, 3.05) is 18.8 Å². The molecule has 5 heteroatoms. The summed E-state index contributed by atoms with van der Waals surface area (Å²) in [6.45, 7) is 2.16. The summed E-state index contributed by atoms with van der Waals surface area (Å²) in [5.41, 5.74) is 8.52. The number of hydrogen-bond donors (Lipinski definition) is 2. The van der Waals surface area contributed by atoms with E-state index in [-0.39, 0.29) is 18.2 Å². The van der Waals surface area contributed by atoms with Crippen LogP contribution in [0.4, 0.5) is 10.1 Å². The van der Waals surface area contributed by atoms with Gasteiger partial charge < -0.3 is 11.1 Å². The van der Waals surface area contributed by atoms with Crippen LogP contribution < -0.4 is 11.1 Å². The van der Waals surface area contributed by atoms with Crippen molar-refractivity contribution in [3.05, 3.63) is 35.8 Å². The summed E-state index contributed by atoms with van der Waals surface area (Å²) in [6, 6.07) is 6.52. The smallest absolute Gasteiger partial charge is 0.124 e. The quantitative estimate of drug-likeness (QED) is 0.842. The van der Waals surface area contributed by atoms with Gasteiger partial charge in [-0.15, -0.1) is 12.4 Å². The van der Waals surface area contributed by atoms with E-state index in [1.165, 1.54) is 12.1 Å². The monoisotopic (exact) mass is 279 g/mol. The summed E-state index contributed by atoms with van der Waals surface area (Å²) in [5.74, 6) is 1.71. The van der Waals surface area contributed by atoms with Crippen molar-refractivity contribution in [1.29, 1.82) is 0 Å². The summed E-state index contributed by atoms with van der Waals surface area (Å²) in [7, 11) is 0. The molecule has 0 amide bonds. The van der Waals surface area contributed by atoms with Crippen LogP contribution in [0, 0.1) is 17.7 Å². The summed E-state index contributed by atoms with van der Waals surface area (Å²) in [4.78, 5) is 4.65. The fourth-order valence-corrected chi connectivity index (χ4v) is 3.27. The average Bonchev–Trinajstić information content (AvgIpc) is 2.84. The number of nitrogens with two attached hydrogens (primary N) is 1. The molecule has 2 aromatic rings. The Kier molecular flexibility index (Phi) is 2.87. The summed E-state index contributed by atoms with van der Waals surface area (Å²) in [5, 5.41) is 4.08. The number of fused-ring (bicyclic) bond motifs is 2. The first kappa shape index (κ1) is 12.6. The van der Waals surface area contributed by atoms with Crippen LogP contribution in [0.2, 0.25) is 0 Å². The minimum atomic E-state index is -0.267. The molecule has 1 saturated carbocycles. The van der Waals surface area contributed by atoms with E-state index in [9.17, 15) is 4.39 Å². The van der Waals surface area contributed by atoms with Gasteiger partial charge in [0, 0.05) is 22.7 Å². The van der Waals surface area contributed by atoms with Gasteiger partial charge in [-0.05, 0) is 49.2 Å². The van der Waals surface area contributed by atoms with Crippen LogP contribution >= 0.6 is 12.4 Å². The highest BCUT2D eigenvalue weighted by atomic mass is 35.5. The predicted octanol–water partition coefficient (Wildman–Crippen LogP) is 2.31. The van der Waals surface area contributed by atoms with Crippen LogP contribution in [0.1, 0.15) is 11.6 Å². The first-order chi connectivity index (χ1) is 8.74. The first-order valence-corrected chi connectivity index (χ1v) is 6.30. The zero-order chi connectivity index (χ0) is 12.3. The SMILES string of the molecule is Cl.Nc1cc(C2C3CNCC32)nc2ccc(F)cc12. The second-order valence-corrected chi connectivity index (χ2v) is 5.31. The molecule has 3 nitrogen and oxygen atoms in total. The first-order valence-electron chi connectivity index (χ1n) is 6.30. The largest absolute Gasteiger partial charge is 0.398 e. The number of piperidine rings is 1. The topological polar surface area (TPSA) is 50.9 Å². The minimum absolute atomic E-state index is 0. The van der Waals surface area contributed by atoms with Gasteiger partial charge in [0.25, 0.3) is 0 Å². The zero-order valence-electron chi connectivity index (χ0n) is 10.3. The molecule has 2 atom stereocenters. The second kappa shape index (κ2) is 4.32. The summed E-state index contributed by atoms with van der Waals surface area (Å²) >= 11 is 0. The number of anilines is 1. The predicted molar refractivity (Wildman–Crippen MR) is 76.0 cm³/mol. The van der Waals surface area contributed by atoms with Gasteiger partial charge >= 0.3 is 0 Å². The van der Waals surface area contributed by atoms with Gasteiger partial charge in [0.05, 0.1) is 5.52 Å². The maximum atomic E-state index is 13.2. The minimum Gasteiger partial charge on any atom is -0.398 e. The van der Waals surface area contributed by atoms with Crippen molar-refractivity contribution in [1.82, 2.24) is 10.3 Å². The molecule has 1 aliphatic carbocycles. The number of hydrogen-bond acceptors (Lipinski definition) is 3. The maximum Gasteiger partial charge on any atom is 0.124 e. The average molecular weight is 280 g/mol. The molecule has 0 radical (unpaired) electrons. The molecule has 2 unspecified atom stereocenters. The summed E-state index contributed by atoms with van der Waals surface area (Å²) in [6.07, 6.45) is 0. The summed E-state index contributed by atoms with van der Waals surface area (Å²) < 4.78 is 13.2. The number of aromatic nitrogens is 1. The molecule has 0 bridgehead atoms. The molecule has 0 spiro atoms. The number of nitrogens with zero attached hydrogens (tertiary/aromatic N) is 1. The zero-order valence-corrected chi connectivity index (χ0v) is 11.1. The molecule has 2 fully saturated rings. The van der Waals surface area contributed by atoms with Gasteiger partial charge in [-0.3, -0.25) is 4.98 Å². The lowest BCUT2D eigenvalue weighted by atomic mass is 10.1. The van der Waals surface area contributed by atoms with Gasteiger partial charge in [0.2, 0.25) is 0 Å².